The first kappa shape index (κ1) is 9.05. The summed E-state index contributed by atoms with van der Waals surface area (Å²) in [5.74, 6) is 0.657. The summed E-state index contributed by atoms with van der Waals surface area (Å²) in [5, 5.41) is 0. The van der Waals surface area contributed by atoms with Crippen molar-refractivity contribution < 1.29 is 0 Å². The van der Waals surface area contributed by atoms with Crippen LogP contribution in [-0.4, -0.2) is 0 Å². The molecule has 0 saturated heterocycles. The van der Waals surface area contributed by atoms with Crippen LogP contribution in [0, 0.1) is 0 Å². The molecule has 1 aromatic rings. The van der Waals surface area contributed by atoms with E-state index in [1.54, 1.807) is 0 Å². The van der Waals surface area contributed by atoms with Crippen LogP contribution < -0.4 is 0 Å². The fourth-order valence-electron chi connectivity index (χ4n) is 1.23. The molecule has 0 N–H and O–H groups in total. The highest BCUT2D eigenvalue weighted by atomic mass is 14.1. The lowest BCUT2D eigenvalue weighted by Gasteiger charge is -2.08. The van der Waals surface area contributed by atoms with Gasteiger partial charge in [0.15, 0.2) is 0 Å². The molecule has 1 aromatic carbocycles. The minimum atomic E-state index is 0.657. The van der Waals surface area contributed by atoms with Gasteiger partial charge < -0.3 is 0 Å². The van der Waals surface area contributed by atoms with Crippen molar-refractivity contribution in [3.05, 3.63) is 42.0 Å². The van der Waals surface area contributed by atoms with Crippen LogP contribution in [0.25, 0.3) is 6.08 Å². The second kappa shape index (κ2) is 4.10. The van der Waals surface area contributed by atoms with Crippen LogP contribution in [0.3, 0.4) is 0 Å². The minimum Gasteiger partial charge on any atom is -0.0985 e. The summed E-state index contributed by atoms with van der Waals surface area (Å²) >= 11 is 0. The summed E-state index contributed by atoms with van der Waals surface area (Å²) in [6.07, 6.45) is 3.09. The molecule has 1 rings (SSSR count). The monoisotopic (exact) mass is 160 g/mol. The van der Waals surface area contributed by atoms with Crippen molar-refractivity contribution in [2.45, 2.75) is 26.2 Å². The Bertz CT molecular complexity index is 260. The second-order valence-electron chi connectivity index (χ2n) is 3.18. The largest absolute Gasteiger partial charge is 0.0985 e. The van der Waals surface area contributed by atoms with Gasteiger partial charge in [0.2, 0.25) is 0 Å². The average molecular weight is 160 g/mol. The van der Waals surface area contributed by atoms with Gasteiger partial charge in [-0.3, -0.25) is 0 Å². The predicted octanol–water partition coefficient (Wildman–Crippen LogP) is 3.84. The summed E-state index contributed by atoms with van der Waals surface area (Å²) < 4.78 is 0. The van der Waals surface area contributed by atoms with Crippen molar-refractivity contribution in [3.8, 4) is 0 Å². The summed E-state index contributed by atoms with van der Waals surface area (Å²) in [7, 11) is 0. The number of hydrogen-bond donors (Lipinski definition) is 0. The van der Waals surface area contributed by atoms with E-state index in [0.29, 0.717) is 5.92 Å². The Morgan fingerprint density at radius 2 is 2.25 bits per heavy atom. The van der Waals surface area contributed by atoms with Gasteiger partial charge in [-0.2, -0.15) is 0 Å². The lowest BCUT2D eigenvalue weighted by atomic mass is 9.97. The van der Waals surface area contributed by atoms with Crippen LogP contribution in [0.5, 0.6) is 0 Å². The molecule has 0 aromatic heterocycles. The molecule has 0 fully saturated rings. The highest BCUT2D eigenvalue weighted by Gasteiger charge is 2.01. The minimum absolute atomic E-state index is 0.657. The van der Waals surface area contributed by atoms with Crippen LogP contribution in [0.2, 0.25) is 0 Å². The van der Waals surface area contributed by atoms with E-state index < -0.39 is 0 Å². The normalized spacial score (nSPS) is 12.5. The summed E-state index contributed by atoms with van der Waals surface area (Å²) in [6, 6.07) is 8.57. The molecule has 0 aliphatic heterocycles. The van der Waals surface area contributed by atoms with E-state index in [2.05, 4.69) is 44.7 Å². The van der Waals surface area contributed by atoms with Crippen molar-refractivity contribution in [1.82, 2.24) is 0 Å². The zero-order valence-electron chi connectivity index (χ0n) is 7.88. The smallest absolute Gasteiger partial charge is 0.0193 e. The van der Waals surface area contributed by atoms with Crippen molar-refractivity contribution in [1.29, 1.82) is 0 Å². The zero-order chi connectivity index (χ0) is 8.97. The quantitative estimate of drug-likeness (QED) is 0.630. The fourth-order valence-corrected chi connectivity index (χ4v) is 1.23. The Kier molecular flexibility index (Phi) is 3.09. The summed E-state index contributed by atoms with van der Waals surface area (Å²) in [5.41, 5.74) is 2.63. The third kappa shape index (κ3) is 1.97. The van der Waals surface area contributed by atoms with Gasteiger partial charge in [0.05, 0.1) is 0 Å². The maximum atomic E-state index is 3.76. The third-order valence-electron chi connectivity index (χ3n) is 2.33. The van der Waals surface area contributed by atoms with E-state index in [1.165, 1.54) is 17.5 Å². The van der Waals surface area contributed by atoms with Gasteiger partial charge in [0.25, 0.3) is 0 Å². The first-order valence-electron chi connectivity index (χ1n) is 4.50. The molecule has 12 heavy (non-hydrogen) atoms. The van der Waals surface area contributed by atoms with E-state index in [-0.39, 0.29) is 0 Å². The maximum Gasteiger partial charge on any atom is -0.0193 e. The predicted molar refractivity (Wildman–Crippen MR) is 55.2 cm³/mol. The molecule has 0 saturated carbocycles. The number of hydrogen-bond acceptors (Lipinski definition) is 0. The number of rotatable bonds is 3. The molecule has 0 bridgehead atoms. The average Bonchev–Trinajstić information content (AvgIpc) is 2.17. The van der Waals surface area contributed by atoms with Gasteiger partial charge in [-0.25, -0.2) is 0 Å². The maximum absolute atomic E-state index is 3.76. The summed E-state index contributed by atoms with van der Waals surface area (Å²) in [4.78, 5) is 0. The van der Waals surface area contributed by atoms with Gasteiger partial charge in [-0.1, -0.05) is 50.8 Å². The Morgan fingerprint density at radius 1 is 1.50 bits per heavy atom. The fraction of sp³-hybridized carbons (Fsp3) is 0.333. The molecule has 0 heterocycles. The first-order chi connectivity index (χ1) is 5.77. The highest BCUT2D eigenvalue weighted by Crippen LogP contribution is 2.19. The van der Waals surface area contributed by atoms with Crippen LogP contribution >= 0.6 is 0 Å². The van der Waals surface area contributed by atoms with Gasteiger partial charge in [-0.05, 0) is 23.5 Å². The SMILES string of the molecule is C=Cc1cccc([C@@H](C)CC)c1. The third-order valence-corrected chi connectivity index (χ3v) is 2.33. The van der Waals surface area contributed by atoms with Crippen molar-refractivity contribution >= 4 is 6.08 Å². The molecule has 0 radical (unpaired) electrons. The molecule has 1 atom stereocenters. The van der Waals surface area contributed by atoms with Crippen LogP contribution in [0.4, 0.5) is 0 Å². The molecule has 0 aliphatic rings. The van der Waals surface area contributed by atoms with E-state index in [4.69, 9.17) is 0 Å². The molecule has 0 aliphatic carbocycles. The van der Waals surface area contributed by atoms with Gasteiger partial charge in [-0.15, -0.1) is 0 Å². The van der Waals surface area contributed by atoms with Crippen molar-refractivity contribution in [2.75, 3.05) is 0 Å². The lowest BCUT2D eigenvalue weighted by Crippen LogP contribution is -1.90. The molecular formula is C12H16. The second-order valence-corrected chi connectivity index (χ2v) is 3.18. The Hall–Kier alpha value is -1.04. The summed E-state index contributed by atoms with van der Waals surface area (Å²) in [6.45, 7) is 8.22. The van der Waals surface area contributed by atoms with E-state index in [9.17, 15) is 0 Å². The van der Waals surface area contributed by atoms with Crippen molar-refractivity contribution in [2.24, 2.45) is 0 Å². The number of benzene rings is 1. The highest BCUT2D eigenvalue weighted by molar-refractivity contribution is 5.48. The molecular weight excluding hydrogens is 144 g/mol. The van der Waals surface area contributed by atoms with Gasteiger partial charge in [0, 0.05) is 0 Å². The zero-order valence-corrected chi connectivity index (χ0v) is 7.88. The van der Waals surface area contributed by atoms with Gasteiger partial charge >= 0.3 is 0 Å². The molecule has 0 heteroatoms. The molecule has 0 amide bonds. The Labute approximate surface area is 74.9 Å². The van der Waals surface area contributed by atoms with Crippen LogP contribution in [0.15, 0.2) is 30.8 Å². The van der Waals surface area contributed by atoms with E-state index in [1.807, 2.05) is 6.08 Å². The Morgan fingerprint density at radius 3 is 2.83 bits per heavy atom. The standard InChI is InChI=1S/C12H16/c1-4-10(3)12-8-6-7-11(5-2)9-12/h5-10H,2,4H2,1,3H3/t10-/m0/s1. The van der Waals surface area contributed by atoms with Crippen LogP contribution in [-0.2, 0) is 0 Å². The molecule has 0 spiro atoms. The molecule has 64 valence electrons. The molecule has 0 nitrogen and oxygen atoms in total. The lowest BCUT2D eigenvalue weighted by molar-refractivity contribution is 0.733. The topological polar surface area (TPSA) is 0 Å². The molecule has 0 unspecified atom stereocenters. The first-order valence-corrected chi connectivity index (χ1v) is 4.50. The Balaban J connectivity index is 2.93. The van der Waals surface area contributed by atoms with E-state index in [0.717, 1.165) is 0 Å². The van der Waals surface area contributed by atoms with Crippen LogP contribution in [0.1, 0.15) is 37.3 Å². The van der Waals surface area contributed by atoms with Crippen molar-refractivity contribution in [3.63, 3.8) is 0 Å². The van der Waals surface area contributed by atoms with Gasteiger partial charge in [0.1, 0.15) is 0 Å². The van der Waals surface area contributed by atoms with E-state index >= 15 is 0 Å².